The molecular formula is C14H22N4O2S3. The van der Waals surface area contributed by atoms with Crippen molar-refractivity contribution >= 4 is 46.8 Å². The largest absolute Gasteiger partial charge is 0.335 e. The van der Waals surface area contributed by atoms with Crippen LogP contribution in [0.4, 0.5) is 4.79 Å². The third-order valence-corrected chi connectivity index (χ3v) is 7.20. The molecule has 1 aliphatic carbocycles. The highest BCUT2D eigenvalue weighted by atomic mass is 32.2. The fourth-order valence-electron chi connectivity index (χ4n) is 2.62. The van der Waals surface area contributed by atoms with Gasteiger partial charge in [0, 0.05) is 6.04 Å². The molecule has 6 nitrogen and oxygen atoms in total. The van der Waals surface area contributed by atoms with E-state index in [0.29, 0.717) is 11.8 Å². The van der Waals surface area contributed by atoms with E-state index in [1.165, 1.54) is 41.3 Å². The standard InChI is InChI=1S/C14H22N4O2S3/c1-8-5-4-6-10(9(8)2)15-12(20)16-11(19)7-22-14-18-17-13(21-3)23-14/h8-10H,4-7H2,1-3H3,(H2,15,16,19,20). The molecule has 1 aromatic rings. The topological polar surface area (TPSA) is 84.0 Å². The number of hydrogen-bond acceptors (Lipinski definition) is 7. The fourth-order valence-corrected chi connectivity index (χ4v) is 4.86. The van der Waals surface area contributed by atoms with Crippen molar-refractivity contribution in [3.8, 4) is 0 Å². The molecule has 2 N–H and O–H groups in total. The van der Waals surface area contributed by atoms with Gasteiger partial charge in [-0.3, -0.25) is 10.1 Å². The van der Waals surface area contributed by atoms with Crippen molar-refractivity contribution in [3.05, 3.63) is 0 Å². The van der Waals surface area contributed by atoms with Gasteiger partial charge in [-0.25, -0.2) is 4.79 Å². The molecule has 1 aliphatic rings. The van der Waals surface area contributed by atoms with Crippen molar-refractivity contribution in [1.29, 1.82) is 0 Å². The Bertz CT molecular complexity index is 552. The molecule has 0 spiro atoms. The third-order valence-electron chi connectivity index (χ3n) is 4.17. The van der Waals surface area contributed by atoms with Gasteiger partial charge in [0.25, 0.3) is 0 Å². The Labute approximate surface area is 149 Å². The van der Waals surface area contributed by atoms with Crippen molar-refractivity contribution < 1.29 is 9.59 Å². The van der Waals surface area contributed by atoms with Crippen LogP contribution in [0.2, 0.25) is 0 Å². The number of nitrogens with zero attached hydrogens (tertiary/aromatic N) is 2. The molecule has 3 amide bonds. The molecule has 1 heterocycles. The summed E-state index contributed by atoms with van der Waals surface area (Å²) in [7, 11) is 0. The first-order valence-corrected chi connectivity index (χ1v) is 10.6. The van der Waals surface area contributed by atoms with E-state index in [4.69, 9.17) is 0 Å². The maximum absolute atomic E-state index is 12.0. The van der Waals surface area contributed by atoms with E-state index in [1.54, 1.807) is 0 Å². The Morgan fingerprint density at radius 1 is 1.26 bits per heavy atom. The Balaban J connectivity index is 1.72. The molecule has 0 saturated heterocycles. The maximum atomic E-state index is 12.0. The van der Waals surface area contributed by atoms with Gasteiger partial charge in [-0.05, 0) is 24.5 Å². The third kappa shape index (κ3) is 5.65. The first-order chi connectivity index (χ1) is 11.0. The van der Waals surface area contributed by atoms with E-state index in [0.717, 1.165) is 21.5 Å². The van der Waals surface area contributed by atoms with E-state index >= 15 is 0 Å². The summed E-state index contributed by atoms with van der Waals surface area (Å²) >= 11 is 4.26. The first-order valence-electron chi connectivity index (χ1n) is 7.60. The predicted molar refractivity (Wildman–Crippen MR) is 95.1 cm³/mol. The van der Waals surface area contributed by atoms with Gasteiger partial charge in [0.2, 0.25) is 5.91 Å². The maximum Gasteiger partial charge on any atom is 0.321 e. The van der Waals surface area contributed by atoms with Gasteiger partial charge in [0.15, 0.2) is 8.68 Å². The molecule has 0 bridgehead atoms. The molecule has 0 aliphatic heterocycles. The number of carbonyl (C=O) groups excluding carboxylic acids is 2. The zero-order chi connectivity index (χ0) is 16.8. The van der Waals surface area contributed by atoms with Crippen LogP contribution < -0.4 is 10.6 Å². The van der Waals surface area contributed by atoms with E-state index in [-0.39, 0.29) is 17.7 Å². The van der Waals surface area contributed by atoms with Gasteiger partial charge in [0.1, 0.15) is 0 Å². The first kappa shape index (κ1) is 18.5. The lowest BCUT2D eigenvalue weighted by atomic mass is 9.78. The zero-order valence-electron chi connectivity index (χ0n) is 13.5. The second-order valence-electron chi connectivity index (χ2n) is 5.72. The summed E-state index contributed by atoms with van der Waals surface area (Å²) in [6.45, 7) is 4.37. The molecule has 2 rings (SSSR count). The predicted octanol–water partition coefficient (Wildman–Crippen LogP) is 3.00. The summed E-state index contributed by atoms with van der Waals surface area (Å²) in [6, 6.07) is -0.255. The number of hydrogen-bond donors (Lipinski definition) is 2. The number of amides is 3. The summed E-state index contributed by atoms with van der Waals surface area (Å²) in [6.07, 6.45) is 5.23. The van der Waals surface area contributed by atoms with Crippen molar-refractivity contribution in [2.45, 2.75) is 47.8 Å². The minimum absolute atomic E-state index is 0.145. The second-order valence-corrected chi connectivity index (χ2v) is 8.98. The number of thioether (sulfide) groups is 2. The van der Waals surface area contributed by atoms with Gasteiger partial charge in [-0.15, -0.1) is 10.2 Å². The van der Waals surface area contributed by atoms with Crippen LogP contribution in [-0.2, 0) is 4.79 Å². The fraction of sp³-hybridized carbons (Fsp3) is 0.714. The number of aromatic nitrogens is 2. The average molecular weight is 375 g/mol. The summed E-state index contributed by atoms with van der Waals surface area (Å²) in [5.41, 5.74) is 0. The highest BCUT2D eigenvalue weighted by Gasteiger charge is 2.28. The lowest BCUT2D eigenvalue weighted by molar-refractivity contribution is -0.117. The summed E-state index contributed by atoms with van der Waals surface area (Å²) in [5.74, 6) is 0.881. The number of carbonyl (C=O) groups is 2. The monoisotopic (exact) mass is 374 g/mol. The van der Waals surface area contributed by atoms with Crippen LogP contribution in [0.1, 0.15) is 33.1 Å². The molecule has 23 heavy (non-hydrogen) atoms. The molecule has 1 aromatic heterocycles. The summed E-state index contributed by atoms with van der Waals surface area (Å²) < 4.78 is 1.60. The zero-order valence-corrected chi connectivity index (χ0v) is 15.9. The smallest absolute Gasteiger partial charge is 0.321 e. The number of urea groups is 1. The van der Waals surface area contributed by atoms with Gasteiger partial charge >= 0.3 is 6.03 Å². The molecule has 3 unspecified atom stereocenters. The van der Waals surface area contributed by atoms with Crippen LogP contribution in [0.3, 0.4) is 0 Å². The Kier molecular flexibility index (Phi) is 7.16. The van der Waals surface area contributed by atoms with Gasteiger partial charge in [-0.2, -0.15) is 0 Å². The molecule has 0 aromatic carbocycles. The Morgan fingerprint density at radius 2 is 2.00 bits per heavy atom. The Morgan fingerprint density at radius 3 is 2.70 bits per heavy atom. The minimum atomic E-state index is -0.399. The van der Waals surface area contributed by atoms with Crippen molar-refractivity contribution in [2.75, 3.05) is 12.0 Å². The molecule has 9 heteroatoms. The van der Waals surface area contributed by atoms with Gasteiger partial charge < -0.3 is 5.32 Å². The number of rotatable bonds is 5. The lowest BCUT2D eigenvalue weighted by Crippen LogP contribution is -2.49. The van der Waals surface area contributed by atoms with Crippen LogP contribution in [0.5, 0.6) is 0 Å². The summed E-state index contributed by atoms with van der Waals surface area (Å²) in [4.78, 5) is 23.8. The quantitative estimate of drug-likeness (QED) is 0.771. The molecule has 1 saturated carbocycles. The second kappa shape index (κ2) is 8.89. The molecule has 3 atom stereocenters. The number of nitrogens with one attached hydrogen (secondary N) is 2. The summed E-state index contributed by atoms with van der Waals surface area (Å²) in [5, 5.41) is 13.3. The SMILES string of the molecule is CSc1nnc(SCC(=O)NC(=O)NC2CCCC(C)C2C)s1. The van der Waals surface area contributed by atoms with E-state index in [1.807, 2.05) is 6.26 Å². The highest BCUT2D eigenvalue weighted by Crippen LogP contribution is 2.29. The average Bonchev–Trinajstić information content (AvgIpc) is 2.98. The lowest BCUT2D eigenvalue weighted by Gasteiger charge is -2.34. The van der Waals surface area contributed by atoms with Crippen molar-refractivity contribution in [1.82, 2.24) is 20.8 Å². The van der Waals surface area contributed by atoms with Crippen LogP contribution in [-0.4, -0.2) is 40.2 Å². The van der Waals surface area contributed by atoms with Crippen LogP contribution in [0.25, 0.3) is 0 Å². The van der Waals surface area contributed by atoms with Crippen LogP contribution in [0, 0.1) is 11.8 Å². The minimum Gasteiger partial charge on any atom is -0.335 e. The highest BCUT2D eigenvalue weighted by molar-refractivity contribution is 8.03. The molecule has 1 fully saturated rings. The molecule has 0 radical (unpaired) electrons. The molecule has 128 valence electrons. The van der Waals surface area contributed by atoms with E-state index < -0.39 is 6.03 Å². The van der Waals surface area contributed by atoms with E-state index in [9.17, 15) is 9.59 Å². The van der Waals surface area contributed by atoms with E-state index in [2.05, 4.69) is 34.7 Å². The Hall–Kier alpha value is -0.800. The number of imide groups is 1. The van der Waals surface area contributed by atoms with Gasteiger partial charge in [0.05, 0.1) is 5.75 Å². The molecular weight excluding hydrogens is 352 g/mol. The van der Waals surface area contributed by atoms with Crippen molar-refractivity contribution in [3.63, 3.8) is 0 Å². The van der Waals surface area contributed by atoms with Crippen LogP contribution in [0.15, 0.2) is 8.68 Å². The van der Waals surface area contributed by atoms with Crippen LogP contribution >= 0.6 is 34.9 Å². The van der Waals surface area contributed by atoms with Crippen molar-refractivity contribution in [2.24, 2.45) is 11.8 Å². The normalized spacial score (nSPS) is 24.2. The van der Waals surface area contributed by atoms with Gasteiger partial charge in [-0.1, -0.05) is 61.5 Å².